The van der Waals surface area contributed by atoms with Gasteiger partial charge in [0.2, 0.25) is 0 Å². The highest BCUT2D eigenvalue weighted by molar-refractivity contribution is 5.14. The van der Waals surface area contributed by atoms with Crippen molar-refractivity contribution in [3.8, 4) is 0 Å². The molecule has 3 heteroatoms. The SMILES string of the molecule is CC(C)NCc1cncn1C(C)CCc1ccccc1. The van der Waals surface area contributed by atoms with Gasteiger partial charge in [-0.15, -0.1) is 0 Å². The maximum Gasteiger partial charge on any atom is 0.0951 e. The first kappa shape index (κ1) is 14.8. The molecule has 0 amide bonds. The van der Waals surface area contributed by atoms with Gasteiger partial charge in [-0.05, 0) is 25.3 Å². The lowest BCUT2D eigenvalue weighted by Gasteiger charge is -2.17. The Morgan fingerprint density at radius 1 is 1.15 bits per heavy atom. The highest BCUT2D eigenvalue weighted by atomic mass is 15.1. The van der Waals surface area contributed by atoms with Gasteiger partial charge in [-0.1, -0.05) is 44.2 Å². The summed E-state index contributed by atoms with van der Waals surface area (Å²) in [6, 6.07) is 11.6. The number of hydrogen-bond acceptors (Lipinski definition) is 2. The van der Waals surface area contributed by atoms with Crippen LogP contribution < -0.4 is 5.32 Å². The molecule has 1 heterocycles. The molecule has 3 nitrogen and oxygen atoms in total. The molecule has 2 rings (SSSR count). The molecule has 0 spiro atoms. The van der Waals surface area contributed by atoms with Crippen molar-refractivity contribution in [2.75, 3.05) is 0 Å². The van der Waals surface area contributed by atoms with Gasteiger partial charge >= 0.3 is 0 Å². The number of rotatable bonds is 7. The predicted molar refractivity (Wildman–Crippen MR) is 83.7 cm³/mol. The molecule has 1 aromatic carbocycles. The molecule has 0 saturated heterocycles. The average Bonchev–Trinajstić information content (AvgIpc) is 2.92. The molecule has 108 valence electrons. The second kappa shape index (κ2) is 7.25. The van der Waals surface area contributed by atoms with E-state index in [1.165, 1.54) is 11.3 Å². The zero-order chi connectivity index (χ0) is 14.4. The van der Waals surface area contributed by atoms with Crippen LogP contribution in [0.3, 0.4) is 0 Å². The molecule has 0 fully saturated rings. The van der Waals surface area contributed by atoms with E-state index in [9.17, 15) is 0 Å². The molecule has 2 aromatic rings. The van der Waals surface area contributed by atoms with E-state index in [4.69, 9.17) is 0 Å². The molecule has 1 unspecified atom stereocenters. The van der Waals surface area contributed by atoms with E-state index in [0.29, 0.717) is 12.1 Å². The summed E-state index contributed by atoms with van der Waals surface area (Å²) in [5.41, 5.74) is 2.67. The molecule has 1 N–H and O–H groups in total. The quantitative estimate of drug-likeness (QED) is 0.834. The Kier molecular flexibility index (Phi) is 5.36. The highest BCUT2D eigenvalue weighted by Crippen LogP contribution is 2.17. The van der Waals surface area contributed by atoms with Crippen LogP contribution >= 0.6 is 0 Å². The fraction of sp³-hybridized carbons (Fsp3) is 0.471. The minimum atomic E-state index is 0.474. The zero-order valence-corrected chi connectivity index (χ0v) is 12.7. The van der Waals surface area contributed by atoms with Crippen LogP contribution in [0.15, 0.2) is 42.9 Å². The summed E-state index contributed by atoms with van der Waals surface area (Å²) in [5, 5.41) is 3.46. The first-order valence-electron chi connectivity index (χ1n) is 7.45. The van der Waals surface area contributed by atoms with E-state index < -0.39 is 0 Å². The van der Waals surface area contributed by atoms with Gasteiger partial charge < -0.3 is 9.88 Å². The minimum Gasteiger partial charge on any atom is -0.331 e. The molecule has 1 atom stereocenters. The van der Waals surface area contributed by atoms with E-state index >= 15 is 0 Å². The number of aromatic nitrogens is 2. The third-order valence-electron chi connectivity index (χ3n) is 3.61. The molecule has 0 aliphatic rings. The standard InChI is InChI=1S/C17H25N3/c1-14(2)19-12-17-11-18-13-20(17)15(3)9-10-16-7-5-4-6-8-16/h4-8,11,13-15,19H,9-10,12H2,1-3H3. The van der Waals surface area contributed by atoms with Crippen LogP contribution in [-0.2, 0) is 13.0 Å². The van der Waals surface area contributed by atoms with Crippen molar-refractivity contribution in [1.82, 2.24) is 14.9 Å². The monoisotopic (exact) mass is 271 g/mol. The second-order valence-corrected chi connectivity index (χ2v) is 5.70. The molecular weight excluding hydrogens is 246 g/mol. The van der Waals surface area contributed by atoms with Gasteiger partial charge in [0.25, 0.3) is 0 Å². The lowest BCUT2D eigenvalue weighted by molar-refractivity contribution is 0.473. The number of hydrogen-bond donors (Lipinski definition) is 1. The van der Waals surface area contributed by atoms with Crippen molar-refractivity contribution in [3.05, 3.63) is 54.1 Å². The summed E-state index contributed by atoms with van der Waals surface area (Å²) in [7, 11) is 0. The van der Waals surface area contributed by atoms with E-state index in [-0.39, 0.29) is 0 Å². The smallest absolute Gasteiger partial charge is 0.0951 e. The Morgan fingerprint density at radius 2 is 1.90 bits per heavy atom. The number of nitrogens with one attached hydrogen (secondary N) is 1. The van der Waals surface area contributed by atoms with Crippen molar-refractivity contribution in [1.29, 1.82) is 0 Å². The summed E-state index contributed by atoms with van der Waals surface area (Å²) >= 11 is 0. The van der Waals surface area contributed by atoms with Gasteiger partial charge in [-0.2, -0.15) is 0 Å². The normalized spacial score (nSPS) is 12.8. The zero-order valence-electron chi connectivity index (χ0n) is 12.7. The molecule has 0 aliphatic carbocycles. The van der Waals surface area contributed by atoms with Crippen LogP contribution in [0, 0.1) is 0 Å². The largest absolute Gasteiger partial charge is 0.331 e. The molecule has 1 aromatic heterocycles. The van der Waals surface area contributed by atoms with Crippen LogP contribution in [0.2, 0.25) is 0 Å². The van der Waals surface area contributed by atoms with Crippen LogP contribution in [0.25, 0.3) is 0 Å². The molecule has 0 bridgehead atoms. The number of benzene rings is 1. The lowest BCUT2D eigenvalue weighted by Crippen LogP contribution is -2.24. The lowest BCUT2D eigenvalue weighted by atomic mass is 10.1. The summed E-state index contributed by atoms with van der Waals surface area (Å²) in [5.74, 6) is 0. The van der Waals surface area contributed by atoms with Gasteiger partial charge in [0, 0.05) is 24.8 Å². The van der Waals surface area contributed by atoms with Crippen LogP contribution in [0.5, 0.6) is 0 Å². The Bertz CT molecular complexity index is 502. The summed E-state index contributed by atoms with van der Waals surface area (Å²) in [6.45, 7) is 7.48. The Morgan fingerprint density at radius 3 is 2.60 bits per heavy atom. The van der Waals surface area contributed by atoms with Gasteiger partial charge in [0.1, 0.15) is 0 Å². The molecule has 0 saturated carbocycles. The van der Waals surface area contributed by atoms with Crippen LogP contribution in [0.4, 0.5) is 0 Å². The third kappa shape index (κ3) is 4.20. The Balaban J connectivity index is 1.92. The van der Waals surface area contributed by atoms with Crippen LogP contribution in [0.1, 0.15) is 44.5 Å². The topological polar surface area (TPSA) is 29.9 Å². The maximum atomic E-state index is 4.30. The Labute approximate surface area is 122 Å². The second-order valence-electron chi connectivity index (χ2n) is 5.70. The van der Waals surface area contributed by atoms with Gasteiger partial charge in [-0.3, -0.25) is 0 Å². The molecule has 20 heavy (non-hydrogen) atoms. The van der Waals surface area contributed by atoms with E-state index in [1.54, 1.807) is 0 Å². The van der Waals surface area contributed by atoms with Crippen molar-refractivity contribution in [2.45, 2.75) is 52.2 Å². The van der Waals surface area contributed by atoms with Crippen molar-refractivity contribution >= 4 is 0 Å². The fourth-order valence-electron chi connectivity index (χ4n) is 2.33. The van der Waals surface area contributed by atoms with E-state index in [2.05, 4.69) is 66.0 Å². The summed E-state index contributed by atoms with van der Waals surface area (Å²) in [6.07, 6.45) is 6.16. The first-order chi connectivity index (χ1) is 9.66. The first-order valence-corrected chi connectivity index (χ1v) is 7.45. The van der Waals surface area contributed by atoms with E-state index in [1.807, 2.05) is 12.5 Å². The fourth-order valence-corrected chi connectivity index (χ4v) is 2.33. The number of aryl methyl sites for hydroxylation is 1. The maximum absolute atomic E-state index is 4.30. The van der Waals surface area contributed by atoms with Crippen LogP contribution in [-0.4, -0.2) is 15.6 Å². The highest BCUT2D eigenvalue weighted by Gasteiger charge is 2.10. The summed E-state index contributed by atoms with van der Waals surface area (Å²) in [4.78, 5) is 4.30. The third-order valence-corrected chi connectivity index (χ3v) is 3.61. The molecule has 0 radical (unpaired) electrons. The molecular formula is C17H25N3. The number of imidazole rings is 1. The Hall–Kier alpha value is -1.61. The van der Waals surface area contributed by atoms with Gasteiger partial charge in [0.05, 0.1) is 12.0 Å². The number of nitrogens with zero attached hydrogens (tertiary/aromatic N) is 2. The molecule has 0 aliphatic heterocycles. The van der Waals surface area contributed by atoms with E-state index in [0.717, 1.165) is 19.4 Å². The predicted octanol–water partition coefficient (Wildman–Crippen LogP) is 3.57. The minimum absolute atomic E-state index is 0.474. The summed E-state index contributed by atoms with van der Waals surface area (Å²) < 4.78 is 2.29. The van der Waals surface area contributed by atoms with Gasteiger partial charge in [0.15, 0.2) is 0 Å². The van der Waals surface area contributed by atoms with Gasteiger partial charge in [-0.25, -0.2) is 4.98 Å². The van der Waals surface area contributed by atoms with Crippen molar-refractivity contribution < 1.29 is 0 Å². The average molecular weight is 271 g/mol. The van der Waals surface area contributed by atoms with Crippen molar-refractivity contribution in [2.24, 2.45) is 0 Å². The van der Waals surface area contributed by atoms with Crippen molar-refractivity contribution in [3.63, 3.8) is 0 Å².